The molecule has 3 nitrogen and oxygen atoms in total. The van der Waals surface area contributed by atoms with Gasteiger partial charge in [0, 0.05) is 18.6 Å². The Morgan fingerprint density at radius 1 is 1.40 bits per heavy atom. The van der Waals surface area contributed by atoms with E-state index in [1.54, 1.807) is 6.26 Å². The molecule has 1 rings (SSSR count). The fourth-order valence-corrected chi connectivity index (χ4v) is 1.64. The van der Waals surface area contributed by atoms with Crippen molar-refractivity contribution in [2.24, 2.45) is 5.41 Å². The van der Waals surface area contributed by atoms with Crippen LogP contribution in [0.4, 0.5) is 0 Å². The van der Waals surface area contributed by atoms with Gasteiger partial charge in [0.2, 0.25) is 0 Å². The normalized spacial score (nSPS) is 11.9. The Morgan fingerprint density at radius 2 is 2.13 bits per heavy atom. The molecule has 0 aliphatic carbocycles. The van der Waals surface area contributed by atoms with E-state index >= 15 is 0 Å². The van der Waals surface area contributed by atoms with E-state index in [1.165, 1.54) is 0 Å². The van der Waals surface area contributed by atoms with Gasteiger partial charge in [-0.2, -0.15) is 0 Å². The third kappa shape index (κ3) is 3.36. The zero-order valence-electron chi connectivity index (χ0n) is 9.62. The maximum Gasteiger partial charge on any atom is 0.117 e. The van der Waals surface area contributed by atoms with Crippen LogP contribution in [0.5, 0.6) is 0 Å². The third-order valence-electron chi connectivity index (χ3n) is 3.21. The summed E-state index contributed by atoms with van der Waals surface area (Å²) in [6, 6.07) is 3.83. The number of rotatable bonds is 7. The van der Waals surface area contributed by atoms with E-state index < -0.39 is 0 Å². The average Bonchev–Trinajstić information content (AvgIpc) is 2.78. The number of aliphatic hydroxyl groups excluding tert-OH is 1. The van der Waals surface area contributed by atoms with Crippen molar-refractivity contribution in [1.82, 2.24) is 5.32 Å². The summed E-state index contributed by atoms with van der Waals surface area (Å²) in [4.78, 5) is 0. The van der Waals surface area contributed by atoms with Crippen molar-refractivity contribution in [3.8, 4) is 0 Å². The highest BCUT2D eigenvalue weighted by atomic mass is 16.3. The van der Waals surface area contributed by atoms with Gasteiger partial charge in [-0.05, 0) is 25.0 Å². The van der Waals surface area contributed by atoms with Crippen molar-refractivity contribution < 1.29 is 9.52 Å². The van der Waals surface area contributed by atoms with Gasteiger partial charge in [0.25, 0.3) is 0 Å². The zero-order chi connectivity index (χ0) is 11.1. The maximum atomic E-state index is 9.37. The highest BCUT2D eigenvalue weighted by Gasteiger charge is 2.24. The lowest BCUT2D eigenvalue weighted by Gasteiger charge is -2.29. The molecule has 0 aliphatic rings. The lowest BCUT2D eigenvalue weighted by molar-refractivity contribution is 0.112. The minimum absolute atomic E-state index is 0.0204. The minimum atomic E-state index is 0.0204. The van der Waals surface area contributed by atoms with Crippen molar-refractivity contribution in [3.05, 3.63) is 24.2 Å². The topological polar surface area (TPSA) is 45.4 Å². The third-order valence-corrected chi connectivity index (χ3v) is 3.21. The maximum absolute atomic E-state index is 9.37. The monoisotopic (exact) mass is 211 g/mol. The lowest BCUT2D eigenvalue weighted by atomic mass is 9.83. The first-order valence-corrected chi connectivity index (χ1v) is 5.60. The molecule has 0 atom stereocenters. The van der Waals surface area contributed by atoms with E-state index in [0.29, 0.717) is 0 Å². The Morgan fingerprint density at radius 3 is 2.60 bits per heavy atom. The average molecular weight is 211 g/mol. The van der Waals surface area contributed by atoms with Crippen LogP contribution in [0.1, 0.15) is 32.4 Å². The Hall–Kier alpha value is -0.800. The highest BCUT2D eigenvalue weighted by Crippen LogP contribution is 2.24. The summed E-state index contributed by atoms with van der Waals surface area (Å²) in [5.41, 5.74) is 0.0204. The van der Waals surface area contributed by atoms with Crippen LogP contribution in [-0.2, 0) is 6.54 Å². The molecule has 0 aromatic carbocycles. The second-order valence-corrected chi connectivity index (χ2v) is 4.05. The Labute approximate surface area is 91.5 Å². The summed E-state index contributed by atoms with van der Waals surface area (Å²) in [5.74, 6) is 0.939. The van der Waals surface area contributed by atoms with Gasteiger partial charge in [-0.3, -0.25) is 0 Å². The van der Waals surface area contributed by atoms with Crippen molar-refractivity contribution in [2.45, 2.75) is 33.2 Å². The Bertz CT molecular complexity index is 244. The molecule has 0 amide bonds. The molecule has 2 N–H and O–H groups in total. The van der Waals surface area contributed by atoms with Gasteiger partial charge >= 0.3 is 0 Å². The van der Waals surface area contributed by atoms with E-state index in [0.717, 1.165) is 31.7 Å². The predicted molar refractivity (Wildman–Crippen MR) is 60.5 cm³/mol. The summed E-state index contributed by atoms with van der Waals surface area (Å²) >= 11 is 0. The van der Waals surface area contributed by atoms with Crippen LogP contribution in [0.15, 0.2) is 22.8 Å². The van der Waals surface area contributed by atoms with E-state index in [4.69, 9.17) is 4.42 Å². The van der Waals surface area contributed by atoms with Gasteiger partial charge in [-0.15, -0.1) is 0 Å². The molecule has 86 valence electrons. The van der Waals surface area contributed by atoms with Crippen LogP contribution in [0.2, 0.25) is 0 Å². The summed E-state index contributed by atoms with van der Waals surface area (Å²) in [6.07, 6.45) is 3.66. The van der Waals surface area contributed by atoms with E-state index in [2.05, 4.69) is 19.2 Å². The number of nitrogens with one attached hydrogen (secondary N) is 1. The van der Waals surface area contributed by atoms with Gasteiger partial charge in [0.1, 0.15) is 5.76 Å². The van der Waals surface area contributed by atoms with Crippen LogP contribution in [0.3, 0.4) is 0 Å². The molecule has 0 bridgehead atoms. The summed E-state index contributed by atoms with van der Waals surface area (Å²) < 4.78 is 5.22. The minimum Gasteiger partial charge on any atom is -0.468 e. The first kappa shape index (κ1) is 12.3. The molecule has 3 heteroatoms. The first-order chi connectivity index (χ1) is 7.26. The molecule has 1 aromatic heterocycles. The fourth-order valence-electron chi connectivity index (χ4n) is 1.64. The molecule has 15 heavy (non-hydrogen) atoms. The molecule has 0 radical (unpaired) electrons. The standard InChI is InChI=1S/C12H21NO2/c1-3-12(4-2,10-14)9-13-8-11-6-5-7-15-11/h5-7,13-14H,3-4,8-10H2,1-2H3. The molecule has 0 fully saturated rings. The van der Waals surface area contributed by atoms with Crippen LogP contribution in [0.25, 0.3) is 0 Å². The summed E-state index contributed by atoms with van der Waals surface area (Å²) in [6.45, 7) is 6.04. The van der Waals surface area contributed by atoms with Gasteiger partial charge in [0.15, 0.2) is 0 Å². The largest absolute Gasteiger partial charge is 0.468 e. The Kier molecular flexibility index (Phi) is 4.85. The smallest absolute Gasteiger partial charge is 0.117 e. The first-order valence-electron chi connectivity index (χ1n) is 5.60. The van der Waals surface area contributed by atoms with Gasteiger partial charge in [-0.25, -0.2) is 0 Å². The van der Waals surface area contributed by atoms with Gasteiger partial charge < -0.3 is 14.8 Å². The number of aliphatic hydroxyl groups is 1. The molecule has 1 aromatic rings. The fraction of sp³-hybridized carbons (Fsp3) is 0.667. The quantitative estimate of drug-likeness (QED) is 0.726. The van der Waals surface area contributed by atoms with Crippen LogP contribution < -0.4 is 5.32 Å². The molecular formula is C12H21NO2. The molecular weight excluding hydrogens is 190 g/mol. The van der Waals surface area contributed by atoms with Gasteiger partial charge in [0.05, 0.1) is 12.8 Å². The van der Waals surface area contributed by atoms with Crippen LogP contribution in [0, 0.1) is 5.41 Å². The second kappa shape index (κ2) is 5.93. The molecule has 0 saturated carbocycles. The van der Waals surface area contributed by atoms with Crippen molar-refractivity contribution in [2.75, 3.05) is 13.2 Å². The molecule has 0 saturated heterocycles. The molecule has 1 heterocycles. The van der Waals surface area contributed by atoms with Crippen LogP contribution in [-0.4, -0.2) is 18.3 Å². The number of hydrogen-bond donors (Lipinski definition) is 2. The van der Waals surface area contributed by atoms with E-state index in [9.17, 15) is 5.11 Å². The highest BCUT2D eigenvalue weighted by molar-refractivity contribution is 4.97. The zero-order valence-corrected chi connectivity index (χ0v) is 9.62. The number of hydrogen-bond acceptors (Lipinski definition) is 3. The molecule has 0 unspecified atom stereocenters. The summed E-state index contributed by atoms with van der Waals surface area (Å²) in [7, 11) is 0. The van der Waals surface area contributed by atoms with Crippen molar-refractivity contribution >= 4 is 0 Å². The second-order valence-electron chi connectivity index (χ2n) is 4.05. The Balaban J connectivity index is 2.34. The van der Waals surface area contributed by atoms with E-state index in [-0.39, 0.29) is 12.0 Å². The van der Waals surface area contributed by atoms with Crippen molar-refractivity contribution in [1.29, 1.82) is 0 Å². The van der Waals surface area contributed by atoms with Crippen LogP contribution >= 0.6 is 0 Å². The predicted octanol–water partition coefficient (Wildman–Crippen LogP) is 2.17. The van der Waals surface area contributed by atoms with E-state index in [1.807, 2.05) is 12.1 Å². The molecule has 0 spiro atoms. The molecule has 0 aliphatic heterocycles. The van der Waals surface area contributed by atoms with Gasteiger partial charge in [-0.1, -0.05) is 13.8 Å². The lowest BCUT2D eigenvalue weighted by Crippen LogP contribution is -2.36. The summed E-state index contributed by atoms with van der Waals surface area (Å²) in [5, 5.41) is 12.7. The SMILES string of the molecule is CCC(CC)(CO)CNCc1ccco1. The van der Waals surface area contributed by atoms with Crippen molar-refractivity contribution in [3.63, 3.8) is 0 Å². The number of furan rings is 1.